The quantitative estimate of drug-likeness (QED) is 0.922. The summed E-state index contributed by atoms with van der Waals surface area (Å²) in [6, 6.07) is 7.47. The van der Waals surface area contributed by atoms with Gasteiger partial charge in [0.05, 0.1) is 6.54 Å². The standard InChI is InChI=1S/C13H15BrN2O2/c1-16(8-12(17)15-11-5-6-11)13(18)9-3-2-4-10(14)7-9/h2-4,7,11H,5-6,8H2,1H3,(H,15,17). The van der Waals surface area contributed by atoms with Gasteiger partial charge in [-0.3, -0.25) is 9.59 Å². The zero-order valence-electron chi connectivity index (χ0n) is 10.1. The molecule has 0 aromatic heterocycles. The van der Waals surface area contributed by atoms with Crippen LogP contribution in [0.1, 0.15) is 23.2 Å². The lowest BCUT2D eigenvalue weighted by Gasteiger charge is -2.16. The summed E-state index contributed by atoms with van der Waals surface area (Å²) in [6.07, 6.45) is 2.10. The molecule has 2 rings (SSSR count). The zero-order valence-corrected chi connectivity index (χ0v) is 11.7. The molecule has 1 aliphatic carbocycles. The average Bonchev–Trinajstić information content (AvgIpc) is 3.11. The van der Waals surface area contributed by atoms with Crippen LogP contribution in [0.2, 0.25) is 0 Å². The first kappa shape index (κ1) is 13.1. The van der Waals surface area contributed by atoms with Gasteiger partial charge in [-0.05, 0) is 31.0 Å². The van der Waals surface area contributed by atoms with Crippen LogP contribution >= 0.6 is 15.9 Å². The van der Waals surface area contributed by atoms with Gasteiger partial charge in [-0.2, -0.15) is 0 Å². The fraction of sp³-hybridized carbons (Fsp3) is 0.385. The Balaban J connectivity index is 1.93. The number of hydrogen-bond acceptors (Lipinski definition) is 2. The maximum absolute atomic E-state index is 12.1. The number of amides is 2. The summed E-state index contributed by atoms with van der Waals surface area (Å²) < 4.78 is 0.851. The lowest BCUT2D eigenvalue weighted by Crippen LogP contribution is -2.39. The summed E-state index contributed by atoms with van der Waals surface area (Å²) in [5.41, 5.74) is 0.575. The fourth-order valence-corrected chi connectivity index (χ4v) is 2.03. The van der Waals surface area contributed by atoms with Gasteiger partial charge >= 0.3 is 0 Å². The Morgan fingerprint density at radius 3 is 2.78 bits per heavy atom. The number of carbonyl (C=O) groups is 2. The largest absolute Gasteiger partial charge is 0.352 e. The summed E-state index contributed by atoms with van der Waals surface area (Å²) in [5.74, 6) is -0.245. The van der Waals surface area contributed by atoms with E-state index < -0.39 is 0 Å². The van der Waals surface area contributed by atoms with E-state index in [2.05, 4.69) is 21.2 Å². The first-order valence-electron chi connectivity index (χ1n) is 5.86. The number of carbonyl (C=O) groups excluding carboxylic acids is 2. The topological polar surface area (TPSA) is 49.4 Å². The van der Waals surface area contributed by atoms with Crippen molar-refractivity contribution in [3.63, 3.8) is 0 Å². The van der Waals surface area contributed by atoms with Crippen LogP contribution in [0.15, 0.2) is 28.7 Å². The van der Waals surface area contributed by atoms with Gasteiger partial charge < -0.3 is 10.2 Å². The maximum atomic E-state index is 12.1. The van der Waals surface area contributed by atoms with Crippen molar-refractivity contribution < 1.29 is 9.59 Å². The van der Waals surface area contributed by atoms with Crippen LogP contribution in [0.3, 0.4) is 0 Å². The molecule has 1 aromatic carbocycles. The minimum atomic E-state index is -0.151. The van der Waals surface area contributed by atoms with Crippen LogP contribution < -0.4 is 5.32 Å². The van der Waals surface area contributed by atoms with E-state index in [1.165, 1.54) is 4.90 Å². The zero-order chi connectivity index (χ0) is 13.1. The Hall–Kier alpha value is -1.36. The number of likely N-dealkylation sites (N-methyl/N-ethyl adjacent to an activating group) is 1. The van der Waals surface area contributed by atoms with Gasteiger partial charge in [0.1, 0.15) is 0 Å². The van der Waals surface area contributed by atoms with E-state index in [0.717, 1.165) is 17.3 Å². The Morgan fingerprint density at radius 2 is 2.17 bits per heavy atom. The van der Waals surface area contributed by atoms with E-state index in [1.807, 2.05) is 6.07 Å². The summed E-state index contributed by atoms with van der Waals surface area (Å²) in [5, 5.41) is 2.86. The third kappa shape index (κ3) is 3.57. The van der Waals surface area contributed by atoms with E-state index in [1.54, 1.807) is 25.2 Å². The van der Waals surface area contributed by atoms with E-state index in [-0.39, 0.29) is 18.4 Å². The highest BCUT2D eigenvalue weighted by Gasteiger charge is 2.24. The van der Waals surface area contributed by atoms with Crippen molar-refractivity contribution in [2.24, 2.45) is 0 Å². The molecule has 0 bridgehead atoms. The van der Waals surface area contributed by atoms with Crippen LogP contribution in [-0.2, 0) is 4.79 Å². The fourth-order valence-electron chi connectivity index (χ4n) is 1.63. The van der Waals surface area contributed by atoms with E-state index in [0.29, 0.717) is 11.6 Å². The molecular formula is C13H15BrN2O2. The average molecular weight is 311 g/mol. The second kappa shape index (κ2) is 5.52. The third-order valence-corrected chi connectivity index (χ3v) is 3.23. The van der Waals surface area contributed by atoms with Crippen LogP contribution in [0, 0.1) is 0 Å². The van der Waals surface area contributed by atoms with Crippen molar-refractivity contribution in [2.75, 3.05) is 13.6 Å². The Labute approximate surface area is 114 Å². The van der Waals surface area contributed by atoms with Crippen molar-refractivity contribution in [3.05, 3.63) is 34.3 Å². The van der Waals surface area contributed by atoms with E-state index in [9.17, 15) is 9.59 Å². The molecule has 1 saturated carbocycles. The SMILES string of the molecule is CN(CC(=O)NC1CC1)C(=O)c1cccc(Br)c1. The molecular weight excluding hydrogens is 296 g/mol. The van der Waals surface area contributed by atoms with Crippen molar-refractivity contribution in [3.8, 4) is 0 Å². The summed E-state index contributed by atoms with van der Waals surface area (Å²) in [4.78, 5) is 25.1. The van der Waals surface area contributed by atoms with Gasteiger partial charge in [-0.25, -0.2) is 0 Å². The number of benzene rings is 1. The van der Waals surface area contributed by atoms with Gasteiger partial charge in [-0.1, -0.05) is 22.0 Å². The third-order valence-electron chi connectivity index (χ3n) is 2.74. The molecule has 0 aliphatic heterocycles. The smallest absolute Gasteiger partial charge is 0.254 e. The van der Waals surface area contributed by atoms with Gasteiger partial charge in [-0.15, -0.1) is 0 Å². The predicted octanol–water partition coefficient (Wildman–Crippen LogP) is 1.80. The highest BCUT2D eigenvalue weighted by Crippen LogP contribution is 2.18. The number of halogens is 1. The van der Waals surface area contributed by atoms with Crippen molar-refractivity contribution in [1.82, 2.24) is 10.2 Å². The Morgan fingerprint density at radius 1 is 1.44 bits per heavy atom. The number of rotatable bonds is 4. The van der Waals surface area contributed by atoms with Crippen LogP contribution in [-0.4, -0.2) is 36.3 Å². The molecule has 0 spiro atoms. The van der Waals surface area contributed by atoms with E-state index >= 15 is 0 Å². The second-order valence-corrected chi connectivity index (χ2v) is 5.43. The molecule has 5 heteroatoms. The van der Waals surface area contributed by atoms with Crippen molar-refractivity contribution in [1.29, 1.82) is 0 Å². The summed E-state index contributed by atoms with van der Waals surface area (Å²) >= 11 is 3.32. The molecule has 18 heavy (non-hydrogen) atoms. The Bertz CT molecular complexity index is 472. The molecule has 0 unspecified atom stereocenters. The molecule has 1 aromatic rings. The first-order valence-corrected chi connectivity index (χ1v) is 6.66. The molecule has 0 heterocycles. The van der Waals surface area contributed by atoms with Crippen LogP contribution in [0.4, 0.5) is 0 Å². The summed E-state index contributed by atoms with van der Waals surface area (Å²) in [7, 11) is 1.63. The number of nitrogens with one attached hydrogen (secondary N) is 1. The molecule has 1 N–H and O–H groups in total. The number of nitrogens with zero attached hydrogens (tertiary/aromatic N) is 1. The Kier molecular flexibility index (Phi) is 4.01. The lowest BCUT2D eigenvalue weighted by atomic mass is 10.2. The molecule has 1 aliphatic rings. The first-order chi connectivity index (χ1) is 8.56. The van der Waals surface area contributed by atoms with Gasteiger partial charge in [0, 0.05) is 23.1 Å². The van der Waals surface area contributed by atoms with E-state index in [4.69, 9.17) is 0 Å². The normalized spacial score (nSPS) is 14.1. The molecule has 1 fully saturated rings. The van der Waals surface area contributed by atoms with Gasteiger partial charge in [0.15, 0.2) is 0 Å². The monoisotopic (exact) mass is 310 g/mol. The van der Waals surface area contributed by atoms with Crippen LogP contribution in [0.5, 0.6) is 0 Å². The van der Waals surface area contributed by atoms with Crippen molar-refractivity contribution in [2.45, 2.75) is 18.9 Å². The van der Waals surface area contributed by atoms with Crippen LogP contribution in [0.25, 0.3) is 0 Å². The lowest BCUT2D eigenvalue weighted by molar-refractivity contribution is -0.121. The van der Waals surface area contributed by atoms with Gasteiger partial charge in [0.25, 0.3) is 5.91 Å². The molecule has 2 amide bonds. The predicted molar refractivity (Wildman–Crippen MR) is 72.3 cm³/mol. The molecule has 96 valence electrons. The molecule has 0 atom stereocenters. The molecule has 0 radical (unpaired) electrons. The highest BCUT2D eigenvalue weighted by atomic mass is 79.9. The number of hydrogen-bond donors (Lipinski definition) is 1. The highest BCUT2D eigenvalue weighted by molar-refractivity contribution is 9.10. The van der Waals surface area contributed by atoms with Gasteiger partial charge in [0.2, 0.25) is 5.91 Å². The summed E-state index contributed by atoms with van der Waals surface area (Å²) in [6.45, 7) is 0.0991. The minimum absolute atomic E-state index is 0.0941. The minimum Gasteiger partial charge on any atom is -0.352 e. The maximum Gasteiger partial charge on any atom is 0.254 e. The second-order valence-electron chi connectivity index (χ2n) is 4.51. The molecule has 0 saturated heterocycles. The molecule has 4 nitrogen and oxygen atoms in total. The van der Waals surface area contributed by atoms with Crippen molar-refractivity contribution >= 4 is 27.7 Å².